The highest BCUT2D eigenvalue weighted by Crippen LogP contribution is 2.30. The second kappa shape index (κ2) is 8.55. The number of anilines is 1. The van der Waals surface area contributed by atoms with Crippen molar-refractivity contribution in [3.8, 4) is 11.1 Å². The van der Waals surface area contributed by atoms with Crippen LogP contribution in [-0.2, 0) is 21.4 Å². The van der Waals surface area contributed by atoms with E-state index in [1.54, 1.807) is 38.1 Å². The van der Waals surface area contributed by atoms with E-state index in [0.29, 0.717) is 23.4 Å². The third-order valence-electron chi connectivity index (χ3n) is 4.33. The molecule has 0 aliphatic carbocycles. The van der Waals surface area contributed by atoms with Gasteiger partial charge in [-0.1, -0.05) is 47.6 Å². The zero-order valence-corrected chi connectivity index (χ0v) is 16.5. The molecule has 0 fully saturated rings. The van der Waals surface area contributed by atoms with Gasteiger partial charge < -0.3 is 14.4 Å². The zero-order chi connectivity index (χ0) is 20.1. The van der Waals surface area contributed by atoms with Gasteiger partial charge in [0, 0.05) is 11.1 Å². The molecule has 0 saturated carbocycles. The van der Waals surface area contributed by atoms with E-state index in [-0.39, 0.29) is 24.0 Å². The number of hydrogen-bond acceptors (Lipinski definition) is 6. The summed E-state index contributed by atoms with van der Waals surface area (Å²) in [7, 11) is -3.87. The van der Waals surface area contributed by atoms with E-state index in [1.807, 2.05) is 24.3 Å². The van der Waals surface area contributed by atoms with E-state index in [2.05, 4.69) is 9.88 Å². The number of nitrogens with one attached hydrogen (secondary N) is 1. The summed E-state index contributed by atoms with van der Waals surface area (Å²) < 4.78 is 38.8. The Bertz CT molecular complexity index is 1040. The summed E-state index contributed by atoms with van der Waals surface area (Å²) in [6.45, 7) is 4.12. The van der Waals surface area contributed by atoms with Gasteiger partial charge in [0.2, 0.25) is 5.88 Å². The highest BCUT2D eigenvalue weighted by molar-refractivity contribution is 7.92. The summed E-state index contributed by atoms with van der Waals surface area (Å²) in [4.78, 5) is 0.146. The fourth-order valence-electron chi connectivity index (χ4n) is 2.66. The van der Waals surface area contributed by atoms with Crippen LogP contribution in [0.25, 0.3) is 11.1 Å². The van der Waals surface area contributed by atoms with Crippen LogP contribution in [0.1, 0.15) is 16.8 Å². The van der Waals surface area contributed by atoms with E-state index in [0.717, 1.165) is 11.1 Å². The van der Waals surface area contributed by atoms with Crippen molar-refractivity contribution in [2.24, 2.45) is 0 Å². The molecular formula is C20H22N2O5S. The number of ether oxygens (including phenoxy) is 1. The Labute approximate surface area is 164 Å². The summed E-state index contributed by atoms with van der Waals surface area (Å²) in [5.41, 5.74) is 3.55. The second-order valence-corrected chi connectivity index (χ2v) is 7.95. The molecule has 3 aromatic rings. The molecule has 0 radical (unpaired) electrons. The third-order valence-corrected chi connectivity index (χ3v) is 5.72. The van der Waals surface area contributed by atoms with Crippen LogP contribution in [0.3, 0.4) is 0 Å². The number of aryl methyl sites for hydroxylation is 1. The molecule has 148 valence electrons. The van der Waals surface area contributed by atoms with Crippen LogP contribution in [-0.4, -0.2) is 31.9 Å². The predicted molar refractivity (Wildman–Crippen MR) is 105 cm³/mol. The third kappa shape index (κ3) is 4.41. The van der Waals surface area contributed by atoms with Gasteiger partial charge >= 0.3 is 0 Å². The number of hydrogen-bond donors (Lipinski definition) is 2. The summed E-state index contributed by atoms with van der Waals surface area (Å²) >= 11 is 0. The lowest BCUT2D eigenvalue weighted by Crippen LogP contribution is -2.14. The number of nitrogens with zero attached hydrogens (tertiary/aromatic N) is 1. The molecule has 2 aromatic carbocycles. The molecule has 0 bridgehead atoms. The Balaban J connectivity index is 1.89. The first-order valence-corrected chi connectivity index (χ1v) is 10.2. The number of sulfonamides is 1. The fraction of sp³-hybridized carbons (Fsp3) is 0.250. The molecule has 7 nitrogen and oxygen atoms in total. The fourth-order valence-corrected chi connectivity index (χ4v) is 3.94. The molecule has 0 aliphatic heterocycles. The van der Waals surface area contributed by atoms with Crippen molar-refractivity contribution in [2.45, 2.75) is 25.3 Å². The van der Waals surface area contributed by atoms with Gasteiger partial charge in [-0.3, -0.25) is 0 Å². The molecule has 0 spiro atoms. The highest BCUT2D eigenvalue weighted by Gasteiger charge is 2.22. The average Bonchev–Trinajstić information content (AvgIpc) is 3.00. The van der Waals surface area contributed by atoms with Crippen LogP contribution in [0.2, 0.25) is 0 Å². The van der Waals surface area contributed by atoms with E-state index >= 15 is 0 Å². The largest absolute Gasteiger partial charge is 0.394 e. The molecule has 0 amide bonds. The number of aromatic nitrogens is 1. The SMILES string of the molecule is Cc1noc(NS(=O)(=O)c2ccccc2-c2ccc(COCCO)cc2)c1C. The molecule has 0 saturated heterocycles. The number of rotatable bonds is 8. The van der Waals surface area contributed by atoms with Gasteiger partial charge in [0.15, 0.2) is 0 Å². The van der Waals surface area contributed by atoms with E-state index in [9.17, 15) is 8.42 Å². The first-order chi connectivity index (χ1) is 13.4. The van der Waals surface area contributed by atoms with Gasteiger partial charge in [0.05, 0.1) is 30.4 Å². The van der Waals surface area contributed by atoms with Crippen LogP contribution in [0, 0.1) is 13.8 Å². The lowest BCUT2D eigenvalue weighted by Gasteiger charge is -2.12. The van der Waals surface area contributed by atoms with Gasteiger partial charge in [-0.25, -0.2) is 13.1 Å². The molecule has 1 heterocycles. The second-order valence-electron chi connectivity index (χ2n) is 6.30. The van der Waals surface area contributed by atoms with E-state index < -0.39 is 10.0 Å². The summed E-state index contributed by atoms with van der Waals surface area (Å²) in [5, 5.41) is 12.6. The lowest BCUT2D eigenvalue weighted by atomic mass is 10.0. The Hall–Kier alpha value is -2.68. The number of aliphatic hydroxyl groups is 1. The minimum Gasteiger partial charge on any atom is -0.394 e. The van der Waals surface area contributed by atoms with Gasteiger partial charge in [-0.2, -0.15) is 0 Å². The lowest BCUT2D eigenvalue weighted by molar-refractivity contribution is 0.0815. The first kappa shape index (κ1) is 20.1. The van der Waals surface area contributed by atoms with E-state index in [1.165, 1.54) is 0 Å². The van der Waals surface area contributed by atoms with Crippen LogP contribution >= 0.6 is 0 Å². The Kier molecular flexibility index (Phi) is 6.13. The maximum atomic E-state index is 13.0. The molecule has 0 aliphatic rings. The molecule has 28 heavy (non-hydrogen) atoms. The Morgan fingerprint density at radius 3 is 2.46 bits per heavy atom. The standard InChI is InChI=1S/C20H22N2O5S/c1-14-15(2)21-27-20(14)22-28(24,25)19-6-4-3-5-18(19)17-9-7-16(8-10-17)13-26-12-11-23/h3-10,22-23H,11-13H2,1-2H3. The average molecular weight is 402 g/mol. The molecule has 2 N–H and O–H groups in total. The molecular weight excluding hydrogens is 380 g/mol. The van der Waals surface area contributed by atoms with Crippen molar-refractivity contribution in [1.82, 2.24) is 5.16 Å². The maximum absolute atomic E-state index is 13.0. The number of benzene rings is 2. The summed E-state index contributed by atoms with van der Waals surface area (Å²) in [6, 6.07) is 14.2. The minimum absolute atomic E-state index is 0.0273. The first-order valence-electron chi connectivity index (χ1n) is 8.75. The van der Waals surface area contributed by atoms with Crippen molar-refractivity contribution in [3.05, 3.63) is 65.4 Å². The van der Waals surface area contributed by atoms with Crippen LogP contribution in [0.4, 0.5) is 5.88 Å². The van der Waals surface area contributed by atoms with Gasteiger partial charge in [0.1, 0.15) is 0 Å². The van der Waals surface area contributed by atoms with Gasteiger partial charge in [-0.15, -0.1) is 0 Å². The van der Waals surface area contributed by atoms with Crippen LogP contribution in [0.5, 0.6) is 0 Å². The quantitative estimate of drug-likeness (QED) is 0.561. The Morgan fingerprint density at radius 2 is 1.82 bits per heavy atom. The van der Waals surface area contributed by atoms with Crippen molar-refractivity contribution in [2.75, 3.05) is 17.9 Å². The molecule has 0 unspecified atom stereocenters. The van der Waals surface area contributed by atoms with Gasteiger partial charge in [0.25, 0.3) is 10.0 Å². The molecule has 3 rings (SSSR count). The molecule has 8 heteroatoms. The normalized spacial score (nSPS) is 11.5. The van der Waals surface area contributed by atoms with Crippen LogP contribution < -0.4 is 4.72 Å². The number of aliphatic hydroxyl groups excluding tert-OH is 1. The van der Waals surface area contributed by atoms with Crippen molar-refractivity contribution in [1.29, 1.82) is 0 Å². The smallest absolute Gasteiger partial charge is 0.264 e. The highest BCUT2D eigenvalue weighted by atomic mass is 32.2. The van der Waals surface area contributed by atoms with Crippen LogP contribution in [0.15, 0.2) is 57.9 Å². The van der Waals surface area contributed by atoms with Gasteiger partial charge in [-0.05, 0) is 31.0 Å². The van der Waals surface area contributed by atoms with Crippen molar-refractivity contribution in [3.63, 3.8) is 0 Å². The van der Waals surface area contributed by atoms with Crippen molar-refractivity contribution >= 4 is 15.9 Å². The summed E-state index contributed by atoms with van der Waals surface area (Å²) in [5.74, 6) is 0.115. The maximum Gasteiger partial charge on any atom is 0.264 e. The zero-order valence-electron chi connectivity index (χ0n) is 15.7. The molecule has 1 aromatic heterocycles. The van der Waals surface area contributed by atoms with Crippen molar-refractivity contribution < 1.29 is 22.8 Å². The Morgan fingerprint density at radius 1 is 1.11 bits per heavy atom. The summed E-state index contributed by atoms with van der Waals surface area (Å²) in [6.07, 6.45) is 0. The predicted octanol–water partition coefficient (Wildman–Crippen LogP) is 3.27. The molecule has 0 atom stereocenters. The monoisotopic (exact) mass is 402 g/mol. The topological polar surface area (TPSA) is 102 Å². The minimum atomic E-state index is -3.87. The van der Waals surface area contributed by atoms with E-state index in [4.69, 9.17) is 14.4 Å².